The summed E-state index contributed by atoms with van der Waals surface area (Å²) in [5.74, 6) is 4.13. The molecule has 0 aliphatic carbocycles. The number of halogens is 2. The molecule has 3 nitrogen and oxygen atoms in total. The SMILES string of the molecule is ClCCc1nc2cc(Br)cnc2n1C1CCSCC1. The highest BCUT2D eigenvalue weighted by Crippen LogP contribution is 2.31. The van der Waals surface area contributed by atoms with E-state index in [1.54, 1.807) is 0 Å². The fourth-order valence-corrected chi connectivity index (χ4v) is 4.16. The molecule has 3 heterocycles. The Bertz CT molecular complexity index is 581. The monoisotopic (exact) mass is 359 g/mol. The van der Waals surface area contributed by atoms with Crippen molar-refractivity contribution in [1.29, 1.82) is 0 Å². The van der Waals surface area contributed by atoms with E-state index < -0.39 is 0 Å². The van der Waals surface area contributed by atoms with E-state index in [0.29, 0.717) is 11.9 Å². The van der Waals surface area contributed by atoms with Gasteiger partial charge in [-0.15, -0.1) is 11.6 Å². The van der Waals surface area contributed by atoms with Gasteiger partial charge >= 0.3 is 0 Å². The van der Waals surface area contributed by atoms with E-state index in [4.69, 9.17) is 16.6 Å². The van der Waals surface area contributed by atoms with Crippen LogP contribution in [0.1, 0.15) is 24.7 Å². The molecule has 0 radical (unpaired) electrons. The van der Waals surface area contributed by atoms with Gasteiger partial charge in [0, 0.05) is 29.0 Å². The van der Waals surface area contributed by atoms with Crippen molar-refractivity contribution in [3.63, 3.8) is 0 Å². The van der Waals surface area contributed by atoms with Crippen LogP contribution in [0.5, 0.6) is 0 Å². The van der Waals surface area contributed by atoms with Crippen LogP contribution in [-0.2, 0) is 6.42 Å². The van der Waals surface area contributed by atoms with Gasteiger partial charge in [0.1, 0.15) is 11.3 Å². The fraction of sp³-hybridized carbons (Fsp3) is 0.538. The number of aryl methyl sites for hydroxylation is 1. The summed E-state index contributed by atoms with van der Waals surface area (Å²) in [6.07, 6.45) is 5.05. The molecule has 0 aromatic carbocycles. The average molecular weight is 361 g/mol. The van der Waals surface area contributed by atoms with Crippen LogP contribution in [-0.4, -0.2) is 31.9 Å². The van der Waals surface area contributed by atoms with E-state index in [0.717, 1.165) is 27.9 Å². The molecule has 0 atom stereocenters. The molecule has 6 heteroatoms. The Kier molecular flexibility index (Phi) is 4.34. The minimum Gasteiger partial charge on any atom is -0.309 e. The zero-order chi connectivity index (χ0) is 13.2. The van der Waals surface area contributed by atoms with Crippen LogP contribution in [0.4, 0.5) is 0 Å². The first kappa shape index (κ1) is 13.7. The van der Waals surface area contributed by atoms with Crippen molar-refractivity contribution < 1.29 is 0 Å². The Morgan fingerprint density at radius 1 is 1.42 bits per heavy atom. The molecule has 102 valence electrons. The van der Waals surface area contributed by atoms with Crippen LogP contribution in [0.25, 0.3) is 11.2 Å². The summed E-state index contributed by atoms with van der Waals surface area (Å²) in [6, 6.07) is 2.56. The number of pyridine rings is 1. The molecule has 1 aliphatic rings. The molecule has 1 aliphatic heterocycles. The number of hydrogen-bond donors (Lipinski definition) is 0. The van der Waals surface area contributed by atoms with Crippen molar-refractivity contribution in [1.82, 2.24) is 14.5 Å². The van der Waals surface area contributed by atoms with Crippen LogP contribution < -0.4 is 0 Å². The van der Waals surface area contributed by atoms with Gasteiger partial charge in [0.05, 0.1) is 0 Å². The first-order chi connectivity index (χ1) is 9.29. The molecule has 1 fully saturated rings. The van der Waals surface area contributed by atoms with Crippen molar-refractivity contribution >= 4 is 50.5 Å². The van der Waals surface area contributed by atoms with E-state index in [1.165, 1.54) is 24.3 Å². The number of fused-ring (bicyclic) bond motifs is 1. The van der Waals surface area contributed by atoms with Gasteiger partial charge in [-0.25, -0.2) is 9.97 Å². The van der Waals surface area contributed by atoms with Crippen molar-refractivity contribution in [2.75, 3.05) is 17.4 Å². The topological polar surface area (TPSA) is 30.7 Å². The summed E-state index contributed by atoms with van der Waals surface area (Å²) in [4.78, 5) is 9.28. The highest BCUT2D eigenvalue weighted by atomic mass is 79.9. The maximum Gasteiger partial charge on any atom is 0.160 e. The minimum atomic E-state index is 0.526. The summed E-state index contributed by atoms with van der Waals surface area (Å²) in [6.45, 7) is 0. The van der Waals surface area contributed by atoms with Gasteiger partial charge in [-0.3, -0.25) is 0 Å². The summed E-state index contributed by atoms with van der Waals surface area (Å²) in [5, 5.41) is 0. The number of thioether (sulfide) groups is 1. The molecule has 0 N–H and O–H groups in total. The zero-order valence-corrected chi connectivity index (χ0v) is 13.6. The van der Waals surface area contributed by atoms with Crippen molar-refractivity contribution in [3.8, 4) is 0 Å². The third kappa shape index (κ3) is 2.78. The molecule has 0 bridgehead atoms. The second kappa shape index (κ2) is 6.02. The Morgan fingerprint density at radius 2 is 2.21 bits per heavy atom. The van der Waals surface area contributed by atoms with E-state index >= 15 is 0 Å². The highest BCUT2D eigenvalue weighted by molar-refractivity contribution is 9.10. The van der Waals surface area contributed by atoms with Gasteiger partial charge in [-0.05, 0) is 46.3 Å². The van der Waals surface area contributed by atoms with Crippen LogP contribution in [0.2, 0.25) is 0 Å². The molecule has 2 aromatic rings. The van der Waals surface area contributed by atoms with E-state index in [2.05, 4.69) is 25.5 Å². The molecule has 19 heavy (non-hydrogen) atoms. The largest absolute Gasteiger partial charge is 0.309 e. The summed E-state index contributed by atoms with van der Waals surface area (Å²) < 4.78 is 3.30. The normalized spacial score (nSPS) is 17.2. The van der Waals surface area contributed by atoms with Gasteiger partial charge < -0.3 is 4.57 Å². The Hall–Kier alpha value is -0.260. The van der Waals surface area contributed by atoms with Gasteiger partial charge in [-0.2, -0.15) is 11.8 Å². The minimum absolute atomic E-state index is 0.526. The molecule has 1 saturated heterocycles. The summed E-state index contributed by atoms with van der Waals surface area (Å²) in [7, 11) is 0. The molecule has 0 spiro atoms. The van der Waals surface area contributed by atoms with Crippen LogP contribution in [0.15, 0.2) is 16.7 Å². The standard InChI is InChI=1S/C13H15BrClN3S/c14-9-7-11-13(16-8-9)18(12(17-11)1-4-15)10-2-5-19-6-3-10/h7-8,10H,1-6H2. The molecular weight excluding hydrogens is 346 g/mol. The van der Waals surface area contributed by atoms with E-state index in [1.807, 2.05) is 24.0 Å². The van der Waals surface area contributed by atoms with Crippen LogP contribution in [0, 0.1) is 0 Å². The lowest BCUT2D eigenvalue weighted by atomic mass is 10.1. The van der Waals surface area contributed by atoms with Crippen LogP contribution >= 0.6 is 39.3 Å². The molecule has 2 aromatic heterocycles. The molecule has 0 amide bonds. The first-order valence-electron chi connectivity index (χ1n) is 6.45. The number of rotatable bonds is 3. The third-order valence-electron chi connectivity index (χ3n) is 3.44. The Morgan fingerprint density at radius 3 is 2.95 bits per heavy atom. The summed E-state index contributed by atoms with van der Waals surface area (Å²) >= 11 is 11.4. The second-order valence-electron chi connectivity index (χ2n) is 4.68. The Balaban J connectivity index is 2.09. The molecular formula is C13H15BrClN3S. The van der Waals surface area contributed by atoms with Crippen molar-refractivity contribution in [2.45, 2.75) is 25.3 Å². The first-order valence-corrected chi connectivity index (χ1v) is 8.94. The summed E-state index contributed by atoms with van der Waals surface area (Å²) in [5.41, 5.74) is 1.97. The zero-order valence-electron chi connectivity index (χ0n) is 10.5. The molecule has 3 rings (SSSR count). The second-order valence-corrected chi connectivity index (χ2v) is 7.20. The van der Waals surface area contributed by atoms with Gasteiger partial charge in [0.15, 0.2) is 5.65 Å². The quantitative estimate of drug-likeness (QED) is 0.774. The smallest absolute Gasteiger partial charge is 0.160 e. The number of nitrogens with zero attached hydrogens (tertiary/aromatic N) is 3. The van der Waals surface area contributed by atoms with E-state index in [9.17, 15) is 0 Å². The predicted molar refractivity (Wildman–Crippen MR) is 85.2 cm³/mol. The number of imidazole rings is 1. The fourth-order valence-electron chi connectivity index (χ4n) is 2.59. The number of hydrogen-bond acceptors (Lipinski definition) is 3. The third-order valence-corrected chi connectivity index (χ3v) is 5.12. The number of aromatic nitrogens is 3. The van der Waals surface area contributed by atoms with Crippen molar-refractivity contribution in [2.24, 2.45) is 0 Å². The van der Waals surface area contributed by atoms with Gasteiger partial charge in [-0.1, -0.05) is 0 Å². The van der Waals surface area contributed by atoms with E-state index in [-0.39, 0.29) is 0 Å². The molecule has 0 saturated carbocycles. The number of alkyl halides is 1. The van der Waals surface area contributed by atoms with Crippen molar-refractivity contribution in [3.05, 3.63) is 22.6 Å². The lowest BCUT2D eigenvalue weighted by molar-refractivity contribution is 0.464. The lowest BCUT2D eigenvalue weighted by Crippen LogP contribution is -2.18. The maximum absolute atomic E-state index is 5.92. The maximum atomic E-state index is 5.92. The highest BCUT2D eigenvalue weighted by Gasteiger charge is 2.22. The lowest BCUT2D eigenvalue weighted by Gasteiger charge is -2.24. The average Bonchev–Trinajstić information content (AvgIpc) is 2.77. The predicted octanol–water partition coefficient (Wildman–Crippen LogP) is 4.04. The molecule has 0 unspecified atom stereocenters. The van der Waals surface area contributed by atoms with Gasteiger partial charge in [0.25, 0.3) is 0 Å². The van der Waals surface area contributed by atoms with Gasteiger partial charge in [0.2, 0.25) is 0 Å². The van der Waals surface area contributed by atoms with Crippen LogP contribution in [0.3, 0.4) is 0 Å². The Labute approximate surface area is 130 Å².